The number of aromatic nitrogens is 1. The van der Waals surface area contributed by atoms with E-state index in [0.29, 0.717) is 18.8 Å². The molecule has 0 aliphatic heterocycles. The van der Waals surface area contributed by atoms with Crippen LogP contribution < -0.4 is 10.6 Å². The molecule has 0 unspecified atom stereocenters. The molecule has 1 rings (SSSR count). The predicted octanol–water partition coefficient (Wildman–Crippen LogP) is 2.26. The van der Waals surface area contributed by atoms with Crippen molar-refractivity contribution >= 4 is 40.7 Å². The molecule has 1 heterocycles. The van der Waals surface area contributed by atoms with Gasteiger partial charge in [0.1, 0.15) is 11.6 Å². The fourth-order valence-corrected chi connectivity index (χ4v) is 1.79. The van der Waals surface area contributed by atoms with Gasteiger partial charge in [-0.3, -0.25) is 9.59 Å². The first kappa shape index (κ1) is 17.7. The smallest absolute Gasteiger partial charge is 0.233 e. The second-order valence-electron chi connectivity index (χ2n) is 4.47. The van der Waals surface area contributed by atoms with E-state index in [9.17, 15) is 9.59 Å². The van der Waals surface area contributed by atoms with E-state index in [1.165, 1.54) is 12.1 Å². The van der Waals surface area contributed by atoms with Crippen LogP contribution in [-0.4, -0.2) is 36.1 Å². The minimum Gasteiger partial charge on any atom is -0.377 e. The van der Waals surface area contributed by atoms with Gasteiger partial charge in [-0.25, -0.2) is 4.98 Å². The molecule has 2 amide bonds. The monoisotopic (exact) mass is 333 g/mol. The molecule has 0 fully saturated rings. The molecule has 6 nitrogen and oxygen atoms in total. The Morgan fingerprint density at radius 3 is 2.62 bits per heavy atom. The minimum atomic E-state index is -0.483. The number of carbonyl (C=O) groups excluding carboxylic acids is 2. The maximum absolute atomic E-state index is 11.7. The average Bonchev–Trinajstić information content (AvgIpc) is 2.38. The molecule has 0 bridgehead atoms. The van der Waals surface area contributed by atoms with Gasteiger partial charge in [-0.1, -0.05) is 23.2 Å². The lowest BCUT2D eigenvalue weighted by Gasteiger charge is -2.09. The van der Waals surface area contributed by atoms with Gasteiger partial charge in [0.05, 0.1) is 18.4 Å². The third-order valence-corrected chi connectivity index (χ3v) is 2.78. The van der Waals surface area contributed by atoms with Crippen LogP contribution in [0.15, 0.2) is 12.1 Å². The molecular formula is C13H17Cl2N3O3. The molecular weight excluding hydrogens is 317 g/mol. The number of pyridine rings is 1. The molecule has 21 heavy (non-hydrogen) atoms. The largest absolute Gasteiger partial charge is 0.377 e. The Kier molecular flexibility index (Phi) is 7.42. The second-order valence-corrected chi connectivity index (χ2v) is 5.21. The maximum Gasteiger partial charge on any atom is 0.233 e. The van der Waals surface area contributed by atoms with Crippen molar-refractivity contribution in [2.75, 3.05) is 18.5 Å². The summed E-state index contributed by atoms with van der Waals surface area (Å²) in [4.78, 5) is 27.0. The molecule has 116 valence electrons. The highest BCUT2D eigenvalue weighted by molar-refractivity contribution is 6.34. The fraction of sp³-hybridized carbons (Fsp3) is 0.462. The number of nitrogens with one attached hydrogen (secondary N) is 2. The van der Waals surface area contributed by atoms with Gasteiger partial charge in [-0.05, 0) is 26.0 Å². The summed E-state index contributed by atoms with van der Waals surface area (Å²) in [6.07, 6.45) is -0.203. The number of nitrogens with zero attached hydrogens (tertiary/aromatic N) is 1. The molecule has 1 aromatic heterocycles. The van der Waals surface area contributed by atoms with Gasteiger partial charge in [-0.2, -0.15) is 0 Å². The highest BCUT2D eigenvalue weighted by Gasteiger charge is 2.11. The Morgan fingerprint density at radius 2 is 2.00 bits per heavy atom. The Morgan fingerprint density at radius 1 is 1.29 bits per heavy atom. The number of amides is 2. The van der Waals surface area contributed by atoms with Gasteiger partial charge < -0.3 is 15.4 Å². The van der Waals surface area contributed by atoms with E-state index < -0.39 is 11.8 Å². The summed E-state index contributed by atoms with van der Waals surface area (Å²) in [6.45, 7) is 4.56. The number of ether oxygens (including phenoxy) is 1. The molecule has 0 saturated carbocycles. The predicted molar refractivity (Wildman–Crippen MR) is 81.6 cm³/mol. The van der Waals surface area contributed by atoms with Crippen LogP contribution >= 0.6 is 23.2 Å². The summed E-state index contributed by atoms with van der Waals surface area (Å²) in [5, 5.41) is 5.37. The number of hydrogen-bond donors (Lipinski definition) is 2. The second kappa shape index (κ2) is 8.81. The Labute approximate surface area is 133 Å². The highest BCUT2D eigenvalue weighted by atomic mass is 35.5. The van der Waals surface area contributed by atoms with Crippen LogP contribution in [0.25, 0.3) is 0 Å². The summed E-state index contributed by atoms with van der Waals surface area (Å²) in [7, 11) is 0. The van der Waals surface area contributed by atoms with Crippen LogP contribution in [0.2, 0.25) is 10.3 Å². The lowest BCUT2D eigenvalue weighted by molar-refractivity contribution is -0.127. The molecule has 0 spiro atoms. The summed E-state index contributed by atoms with van der Waals surface area (Å²) < 4.78 is 5.27. The Bertz CT molecular complexity index is 509. The van der Waals surface area contributed by atoms with Gasteiger partial charge in [0.25, 0.3) is 0 Å². The van der Waals surface area contributed by atoms with Gasteiger partial charge in [0, 0.05) is 6.54 Å². The van der Waals surface area contributed by atoms with Crippen molar-refractivity contribution in [2.24, 2.45) is 0 Å². The summed E-state index contributed by atoms with van der Waals surface area (Å²) >= 11 is 11.5. The first-order valence-electron chi connectivity index (χ1n) is 6.38. The minimum absolute atomic E-state index is 0.0709. The van der Waals surface area contributed by atoms with Crippen molar-refractivity contribution in [2.45, 2.75) is 26.4 Å². The lowest BCUT2D eigenvalue weighted by atomic mass is 10.3. The van der Waals surface area contributed by atoms with Crippen LogP contribution in [0, 0.1) is 0 Å². The average molecular weight is 334 g/mol. The molecule has 0 aliphatic rings. The van der Waals surface area contributed by atoms with Crippen molar-refractivity contribution in [3.8, 4) is 0 Å². The number of anilines is 1. The molecule has 0 radical (unpaired) electrons. The van der Waals surface area contributed by atoms with E-state index in [2.05, 4.69) is 15.6 Å². The maximum atomic E-state index is 11.7. The van der Waals surface area contributed by atoms with Crippen molar-refractivity contribution in [1.29, 1.82) is 0 Å². The number of hydrogen-bond acceptors (Lipinski definition) is 4. The third-order valence-electron chi connectivity index (χ3n) is 2.29. The SMILES string of the molecule is CC(C)OCCNC(=O)CC(=O)Nc1ccc(Cl)nc1Cl. The van der Waals surface area contributed by atoms with E-state index in [4.69, 9.17) is 27.9 Å². The van der Waals surface area contributed by atoms with Crippen LogP contribution in [0.5, 0.6) is 0 Å². The van der Waals surface area contributed by atoms with Gasteiger partial charge in [0.2, 0.25) is 11.8 Å². The number of halogens is 2. The topological polar surface area (TPSA) is 80.3 Å². The van der Waals surface area contributed by atoms with E-state index >= 15 is 0 Å². The first-order chi connectivity index (χ1) is 9.88. The van der Waals surface area contributed by atoms with Crippen LogP contribution in [-0.2, 0) is 14.3 Å². The highest BCUT2D eigenvalue weighted by Crippen LogP contribution is 2.21. The summed E-state index contributed by atoms with van der Waals surface area (Å²) in [5.41, 5.74) is 0.307. The number of rotatable bonds is 7. The van der Waals surface area contributed by atoms with Crippen molar-refractivity contribution in [3.05, 3.63) is 22.4 Å². The van der Waals surface area contributed by atoms with Crippen molar-refractivity contribution in [3.63, 3.8) is 0 Å². The summed E-state index contributed by atoms with van der Waals surface area (Å²) in [5.74, 6) is -0.874. The van der Waals surface area contributed by atoms with E-state index in [1.807, 2.05) is 13.8 Å². The normalized spacial score (nSPS) is 10.5. The van der Waals surface area contributed by atoms with Gasteiger partial charge in [-0.15, -0.1) is 0 Å². The van der Waals surface area contributed by atoms with Crippen LogP contribution in [0.4, 0.5) is 5.69 Å². The van der Waals surface area contributed by atoms with Crippen LogP contribution in [0.1, 0.15) is 20.3 Å². The first-order valence-corrected chi connectivity index (χ1v) is 7.14. The van der Waals surface area contributed by atoms with E-state index in [0.717, 1.165) is 0 Å². The van der Waals surface area contributed by atoms with Crippen molar-refractivity contribution in [1.82, 2.24) is 10.3 Å². The lowest BCUT2D eigenvalue weighted by Crippen LogP contribution is -2.31. The molecule has 0 aromatic carbocycles. The zero-order chi connectivity index (χ0) is 15.8. The van der Waals surface area contributed by atoms with Gasteiger partial charge >= 0.3 is 0 Å². The van der Waals surface area contributed by atoms with Crippen molar-refractivity contribution < 1.29 is 14.3 Å². The zero-order valence-corrected chi connectivity index (χ0v) is 13.3. The molecule has 2 N–H and O–H groups in total. The molecule has 1 aromatic rings. The quantitative estimate of drug-likeness (QED) is 0.455. The zero-order valence-electron chi connectivity index (χ0n) is 11.8. The third kappa shape index (κ3) is 7.27. The fourth-order valence-electron chi connectivity index (χ4n) is 1.39. The molecule has 0 saturated heterocycles. The molecule has 0 aliphatic carbocycles. The summed E-state index contributed by atoms with van der Waals surface area (Å²) in [6, 6.07) is 3.01. The number of carbonyl (C=O) groups is 2. The van der Waals surface area contributed by atoms with E-state index in [1.54, 1.807) is 0 Å². The molecule has 0 atom stereocenters. The molecule has 8 heteroatoms. The standard InChI is InChI=1S/C13H17Cl2N3O3/c1-8(2)21-6-5-16-11(19)7-12(20)17-9-3-4-10(14)18-13(9)15/h3-4,8H,5-7H2,1-2H3,(H,16,19)(H,17,20). The Balaban J connectivity index is 2.34. The van der Waals surface area contributed by atoms with Crippen LogP contribution in [0.3, 0.4) is 0 Å². The Hall–Kier alpha value is -1.37. The van der Waals surface area contributed by atoms with E-state index in [-0.39, 0.29) is 22.8 Å². The van der Waals surface area contributed by atoms with Gasteiger partial charge in [0.15, 0.2) is 5.15 Å².